The van der Waals surface area contributed by atoms with Gasteiger partial charge in [-0.1, -0.05) is 35.3 Å². The van der Waals surface area contributed by atoms with Crippen LogP contribution in [0.2, 0.25) is 10.0 Å². The highest BCUT2D eigenvalue weighted by Gasteiger charge is 2.53. The van der Waals surface area contributed by atoms with Crippen molar-refractivity contribution in [3.8, 4) is 0 Å². The first-order valence-electron chi connectivity index (χ1n) is 6.52. The van der Waals surface area contributed by atoms with E-state index in [0.717, 1.165) is 0 Å². The first-order chi connectivity index (χ1) is 10.5. The number of fused-ring (bicyclic) bond motifs is 3. The van der Waals surface area contributed by atoms with Crippen molar-refractivity contribution >= 4 is 46.4 Å². The van der Waals surface area contributed by atoms with Gasteiger partial charge in [-0.15, -0.1) is 0 Å². The van der Waals surface area contributed by atoms with Crippen LogP contribution in [0.15, 0.2) is 36.4 Å². The highest BCUT2D eigenvalue weighted by Crippen LogP contribution is 2.46. The molecule has 0 bridgehead atoms. The topological polar surface area (TPSA) is 70.2 Å². The van der Waals surface area contributed by atoms with E-state index in [4.69, 9.17) is 23.2 Å². The van der Waals surface area contributed by atoms with E-state index >= 15 is 0 Å². The van der Waals surface area contributed by atoms with Crippen molar-refractivity contribution in [2.75, 3.05) is 10.6 Å². The van der Waals surface area contributed by atoms with Crippen molar-refractivity contribution in [1.29, 1.82) is 0 Å². The summed E-state index contributed by atoms with van der Waals surface area (Å²) < 4.78 is 0. The van der Waals surface area contributed by atoms with Crippen LogP contribution in [0.4, 0.5) is 11.4 Å². The molecule has 0 saturated carbocycles. The first-order valence-corrected chi connectivity index (χ1v) is 7.28. The summed E-state index contributed by atoms with van der Waals surface area (Å²) in [6, 6.07) is 10.1. The van der Waals surface area contributed by atoms with Crippen molar-refractivity contribution in [2.45, 2.75) is 5.66 Å². The van der Waals surface area contributed by atoms with Gasteiger partial charge in [0.1, 0.15) is 0 Å². The Kier molecular flexibility index (Phi) is 2.67. The Morgan fingerprint density at radius 3 is 2.45 bits per heavy atom. The summed E-state index contributed by atoms with van der Waals surface area (Å²) in [6.07, 6.45) is 0. The molecule has 0 fully saturated rings. The molecule has 0 radical (unpaired) electrons. The standard InChI is InChI=1S/C15H9Cl2N3O2/c16-8-5-6-9(17)12-11(8)15(14(22)18-12)19-10-4-2-1-3-7(10)13(21)20-15/h1-6,19H,(H,18,22)(H,20,21)/t15-/m1/s1. The van der Waals surface area contributed by atoms with Crippen molar-refractivity contribution in [1.82, 2.24) is 5.32 Å². The van der Waals surface area contributed by atoms with E-state index in [1.807, 2.05) is 0 Å². The number of benzene rings is 2. The predicted molar refractivity (Wildman–Crippen MR) is 84.3 cm³/mol. The van der Waals surface area contributed by atoms with Crippen LogP contribution in [0.1, 0.15) is 15.9 Å². The van der Waals surface area contributed by atoms with Crippen LogP contribution in [0.25, 0.3) is 0 Å². The van der Waals surface area contributed by atoms with Crippen LogP contribution < -0.4 is 16.0 Å². The molecule has 2 aromatic rings. The van der Waals surface area contributed by atoms with E-state index < -0.39 is 11.6 Å². The zero-order valence-corrected chi connectivity index (χ0v) is 12.5. The Morgan fingerprint density at radius 2 is 1.64 bits per heavy atom. The molecule has 2 amide bonds. The summed E-state index contributed by atoms with van der Waals surface area (Å²) in [7, 11) is 0. The highest BCUT2D eigenvalue weighted by atomic mass is 35.5. The van der Waals surface area contributed by atoms with Crippen LogP contribution in [0.5, 0.6) is 0 Å². The maximum atomic E-state index is 12.6. The molecule has 1 atom stereocenters. The summed E-state index contributed by atoms with van der Waals surface area (Å²) >= 11 is 12.4. The average Bonchev–Trinajstić information content (AvgIpc) is 2.77. The van der Waals surface area contributed by atoms with Crippen LogP contribution in [0.3, 0.4) is 0 Å². The SMILES string of the molecule is O=C1N[C@@]2(Nc3ccccc31)C(=O)Nc1c(Cl)ccc(Cl)c12. The lowest BCUT2D eigenvalue weighted by atomic mass is 9.95. The zero-order valence-electron chi connectivity index (χ0n) is 11.0. The third-order valence-corrected chi connectivity index (χ3v) is 4.48. The molecule has 5 nitrogen and oxygen atoms in total. The lowest BCUT2D eigenvalue weighted by molar-refractivity contribution is -0.120. The van der Waals surface area contributed by atoms with Gasteiger partial charge in [0.2, 0.25) is 5.66 Å². The highest BCUT2D eigenvalue weighted by molar-refractivity contribution is 6.38. The summed E-state index contributed by atoms with van der Waals surface area (Å²) in [5.74, 6) is -0.784. The molecule has 0 aliphatic carbocycles. The molecule has 2 aliphatic rings. The second-order valence-electron chi connectivity index (χ2n) is 5.11. The summed E-state index contributed by atoms with van der Waals surface area (Å²) in [5.41, 5.74) is 0.404. The molecule has 2 aromatic carbocycles. The fourth-order valence-electron chi connectivity index (χ4n) is 2.86. The molecule has 4 rings (SSSR count). The van der Waals surface area contributed by atoms with Crippen LogP contribution in [0, 0.1) is 0 Å². The van der Waals surface area contributed by atoms with Crippen molar-refractivity contribution < 1.29 is 9.59 Å². The Labute approximate surface area is 135 Å². The van der Waals surface area contributed by atoms with E-state index in [0.29, 0.717) is 32.5 Å². The molecule has 22 heavy (non-hydrogen) atoms. The molecule has 2 heterocycles. The number of nitrogens with one attached hydrogen (secondary N) is 3. The number of rotatable bonds is 0. The minimum atomic E-state index is -1.46. The third kappa shape index (κ3) is 1.60. The zero-order chi connectivity index (χ0) is 15.5. The predicted octanol–water partition coefficient (Wildman–Crippen LogP) is 2.95. The van der Waals surface area contributed by atoms with Gasteiger partial charge in [-0.05, 0) is 24.3 Å². The van der Waals surface area contributed by atoms with Gasteiger partial charge in [0.05, 0.1) is 26.9 Å². The smallest absolute Gasteiger partial charge is 0.276 e. The Balaban J connectivity index is 1.97. The van der Waals surface area contributed by atoms with E-state index in [2.05, 4.69) is 16.0 Å². The maximum Gasteiger partial charge on any atom is 0.276 e. The quantitative estimate of drug-likeness (QED) is 0.694. The number of carbonyl (C=O) groups is 2. The number of hydrogen-bond donors (Lipinski definition) is 3. The summed E-state index contributed by atoms with van der Waals surface area (Å²) in [4.78, 5) is 25.0. The molecule has 1 spiro atoms. The van der Waals surface area contributed by atoms with E-state index in [1.165, 1.54) is 0 Å². The Morgan fingerprint density at radius 1 is 0.909 bits per heavy atom. The van der Waals surface area contributed by atoms with Crippen LogP contribution in [-0.2, 0) is 10.5 Å². The number of anilines is 2. The molecule has 3 N–H and O–H groups in total. The minimum absolute atomic E-state index is 0.338. The van der Waals surface area contributed by atoms with Gasteiger partial charge < -0.3 is 16.0 Å². The monoisotopic (exact) mass is 333 g/mol. The number of para-hydroxylation sites is 1. The molecule has 110 valence electrons. The number of amides is 2. The van der Waals surface area contributed by atoms with Crippen molar-refractivity contribution in [3.63, 3.8) is 0 Å². The lowest BCUT2D eigenvalue weighted by Crippen LogP contribution is -2.59. The molecule has 2 aliphatic heterocycles. The van der Waals surface area contributed by atoms with Gasteiger partial charge in [0.15, 0.2) is 0 Å². The minimum Gasteiger partial charge on any atom is -0.350 e. The van der Waals surface area contributed by atoms with Gasteiger partial charge in [-0.2, -0.15) is 0 Å². The van der Waals surface area contributed by atoms with Crippen molar-refractivity contribution in [3.05, 3.63) is 57.6 Å². The fourth-order valence-corrected chi connectivity index (χ4v) is 3.36. The third-order valence-electron chi connectivity index (χ3n) is 3.85. The van der Waals surface area contributed by atoms with Gasteiger partial charge in [0, 0.05) is 5.69 Å². The van der Waals surface area contributed by atoms with Crippen molar-refractivity contribution in [2.24, 2.45) is 0 Å². The van der Waals surface area contributed by atoms with Crippen LogP contribution >= 0.6 is 23.2 Å². The van der Waals surface area contributed by atoms with E-state index in [1.54, 1.807) is 36.4 Å². The lowest BCUT2D eigenvalue weighted by Gasteiger charge is -2.35. The molecule has 0 saturated heterocycles. The second kappa shape index (κ2) is 4.38. The first kappa shape index (κ1) is 13.4. The number of carbonyl (C=O) groups excluding carboxylic acids is 2. The van der Waals surface area contributed by atoms with Gasteiger partial charge in [0.25, 0.3) is 11.8 Å². The van der Waals surface area contributed by atoms with Gasteiger partial charge >= 0.3 is 0 Å². The van der Waals surface area contributed by atoms with Gasteiger partial charge in [-0.25, -0.2) is 0 Å². The number of halogens is 2. The molecule has 0 unspecified atom stereocenters. The molecule has 0 aromatic heterocycles. The van der Waals surface area contributed by atoms with E-state index in [-0.39, 0.29) is 5.91 Å². The molecular formula is C15H9Cl2N3O2. The Bertz CT molecular complexity index is 853. The molecular weight excluding hydrogens is 325 g/mol. The largest absolute Gasteiger partial charge is 0.350 e. The number of hydrogen-bond acceptors (Lipinski definition) is 3. The average molecular weight is 334 g/mol. The van der Waals surface area contributed by atoms with Crippen LogP contribution in [-0.4, -0.2) is 11.8 Å². The van der Waals surface area contributed by atoms with E-state index in [9.17, 15) is 9.59 Å². The second-order valence-corrected chi connectivity index (χ2v) is 5.92. The molecule has 7 heteroatoms. The summed E-state index contributed by atoms with van der Waals surface area (Å²) in [5, 5.41) is 9.19. The Hall–Kier alpha value is -2.24. The van der Waals surface area contributed by atoms with Gasteiger partial charge in [-0.3, -0.25) is 9.59 Å². The summed E-state index contributed by atoms with van der Waals surface area (Å²) in [6.45, 7) is 0. The fraction of sp³-hybridized carbons (Fsp3) is 0.0667. The normalized spacial score (nSPS) is 21.7. The maximum absolute atomic E-state index is 12.6.